The van der Waals surface area contributed by atoms with Crippen LogP contribution in [0.1, 0.15) is 53.9 Å². The molecule has 3 N–H and O–H groups in total. The maximum absolute atomic E-state index is 12.8. The fourth-order valence-electron chi connectivity index (χ4n) is 3.88. The largest absolute Gasteiger partial charge is 0.347 e. The summed E-state index contributed by atoms with van der Waals surface area (Å²) in [5, 5.41) is 4.30. The van der Waals surface area contributed by atoms with Gasteiger partial charge in [-0.15, -0.1) is 11.3 Å². The van der Waals surface area contributed by atoms with Gasteiger partial charge in [0, 0.05) is 17.1 Å². The molecule has 1 amide bonds. The summed E-state index contributed by atoms with van der Waals surface area (Å²) < 4.78 is 1.07. The Morgan fingerprint density at radius 3 is 2.83 bits per heavy atom. The third-order valence-corrected chi connectivity index (χ3v) is 6.30. The second kappa shape index (κ2) is 5.56. The van der Waals surface area contributed by atoms with Crippen LogP contribution in [-0.2, 0) is 0 Å². The van der Waals surface area contributed by atoms with Gasteiger partial charge >= 0.3 is 0 Å². The number of fused-ring (bicyclic) bond motifs is 1. The summed E-state index contributed by atoms with van der Waals surface area (Å²) in [4.78, 5) is 17.2. The molecule has 23 heavy (non-hydrogen) atoms. The SMILES string of the molecule is Cc1nc2ccc(C(=O)NC(C3CCCC3)C3(N)CC3)cc2s1. The number of aryl methyl sites for hydroxylation is 1. The number of benzene rings is 1. The molecule has 2 aromatic rings. The Morgan fingerprint density at radius 1 is 1.39 bits per heavy atom. The Labute approximate surface area is 140 Å². The van der Waals surface area contributed by atoms with Gasteiger partial charge in [-0.1, -0.05) is 12.8 Å². The van der Waals surface area contributed by atoms with E-state index in [1.165, 1.54) is 25.7 Å². The van der Waals surface area contributed by atoms with Crippen molar-refractivity contribution in [2.75, 3.05) is 0 Å². The first-order valence-electron chi connectivity index (χ1n) is 8.52. The number of rotatable bonds is 4. The van der Waals surface area contributed by atoms with Crippen LogP contribution in [0.5, 0.6) is 0 Å². The number of aromatic nitrogens is 1. The summed E-state index contributed by atoms with van der Waals surface area (Å²) in [6.45, 7) is 1.99. The molecule has 0 aliphatic heterocycles. The normalized spacial score (nSPS) is 21.5. The Hall–Kier alpha value is -1.46. The first-order valence-corrected chi connectivity index (χ1v) is 9.34. The Balaban J connectivity index is 1.56. The number of carbonyl (C=O) groups excluding carboxylic acids is 1. The van der Waals surface area contributed by atoms with Crippen molar-refractivity contribution in [2.24, 2.45) is 11.7 Å². The highest BCUT2D eigenvalue weighted by atomic mass is 32.1. The molecule has 0 bridgehead atoms. The van der Waals surface area contributed by atoms with Crippen LogP contribution in [0.3, 0.4) is 0 Å². The quantitative estimate of drug-likeness (QED) is 0.903. The molecule has 2 fully saturated rings. The molecule has 2 aliphatic rings. The average molecular weight is 329 g/mol. The van der Waals surface area contributed by atoms with Crippen LogP contribution in [0.4, 0.5) is 0 Å². The van der Waals surface area contributed by atoms with E-state index in [9.17, 15) is 4.79 Å². The van der Waals surface area contributed by atoms with Crippen LogP contribution < -0.4 is 11.1 Å². The summed E-state index contributed by atoms with van der Waals surface area (Å²) >= 11 is 1.63. The van der Waals surface area contributed by atoms with Crippen LogP contribution in [0.2, 0.25) is 0 Å². The van der Waals surface area contributed by atoms with Crippen molar-refractivity contribution in [2.45, 2.75) is 57.0 Å². The first-order chi connectivity index (χ1) is 11.0. The minimum absolute atomic E-state index is 0.00609. The Kier molecular flexibility index (Phi) is 3.65. The summed E-state index contributed by atoms with van der Waals surface area (Å²) in [5.41, 5.74) is 7.98. The molecule has 1 aromatic heterocycles. The van der Waals surface area contributed by atoms with Crippen molar-refractivity contribution < 1.29 is 4.79 Å². The zero-order valence-corrected chi connectivity index (χ0v) is 14.3. The molecule has 0 radical (unpaired) electrons. The molecule has 4 rings (SSSR count). The molecule has 5 heteroatoms. The van der Waals surface area contributed by atoms with E-state index in [1.807, 2.05) is 25.1 Å². The highest BCUT2D eigenvalue weighted by Gasteiger charge is 2.49. The van der Waals surface area contributed by atoms with Gasteiger partial charge in [0.2, 0.25) is 0 Å². The lowest BCUT2D eigenvalue weighted by atomic mass is 9.90. The third-order valence-electron chi connectivity index (χ3n) is 5.36. The van der Waals surface area contributed by atoms with Gasteiger partial charge in [0.15, 0.2) is 0 Å². The first kappa shape index (κ1) is 15.1. The second-order valence-corrected chi connectivity index (χ2v) is 8.38. The lowest BCUT2D eigenvalue weighted by Gasteiger charge is -2.30. The minimum Gasteiger partial charge on any atom is -0.347 e. The lowest BCUT2D eigenvalue weighted by Crippen LogP contribution is -2.53. The van der Waals surface area contributed by atoms with Gasteiger partial charge in [0.25, 0.3) is 5.91 Å². The molecule has 1 unspecified atom stereocenters. The van der Waals surface area contributed by atoms with Crippen molar-refractivity contribution >= 4 is 27.5 Å². The van der Waals surface area contributed by atoms with E-state index >= 15 is 0 Å². The number of thiazole rings is 1. The fraction of sp³-hybridized carbons (Fsp3) is 0.556. The van der Waals surface area contributed by atoms with E-state index in [0.717, 1.165) is 28.1 Å². The summed E-state index contributed by atoms with van der Waals surface area (Å²) in [5.74, 6) is 0.549. The van der Waals surface area contributed by atoms with E-state index in [2.05, 4.69) is 10.3 Å². The van der Waals surface area contributed by atoms with Gasteiger partial charge in [-0.05, 0) is 56.7 Å². The Morgan fingerprint density at radius 2 is 2.13 bits per heavy atom. The van der Waals surface area contributed by atoms with Crippen LogP contribution in [-0.4, -0.2) is 22.5 Å². The van der Waals surface area contributed by atoms with Crippen LogP contribution in [0, 0.1) is 12.8 Å². The molecule has 0 saturated heterocycles. The topological polar surface area (TPSA) is 68.0 Å². The van der Waals surface area contributed by atoms with E-state index in [4.69, 9.17) is 5.73 Å². The molecule has 4 nitrogen and oxygen atoms in total. The standard InChI is InChI=1S/C18H23N3OS/c1-11-20-14-7-6-13(10-15(14)23-11)17(22)21-16(18(19)8-9-18)12-4-2-3-5-12/h6-7,10,12,16H,2-5,8-9,19H2,1H3,(H,21,22). The lowest BCUT2D eigenvalue weighted by molar-refractivity contribution is 0.0908. The van der Waals surface area contributed by atoms with Gasteiger partial charge in [0.05, 0.1) is 15.2 Å². The predicted octanol–water partition coefficient (Wildman–Crippen LogP) is 3.38. The average Bonchev–Trinajstić information content (AvgIpc) is 2.95. The molecule has 0 spiro atoms. The maximum atomic E-state index is 12.8. The molecular weight excluding hydrogens is 306 g/mol. The maximum Gasteiger partial charge on any atom is 0.251 e. The number of amides is 1. The third kappa shape index (κ3) is 2.88. The Bertz CT molecular complexity index is 744. The van der Waals surface area contributed by atoms with Crippen molar-refractivity contribution in [3.05, 3.63) is 28.8 Å². The van der Waals surface area contributed by atoms with E-state index in [0.29, 0.717) is 11.5 Å². The predicted molar refractivity (Wildman–Crippen MR) is 93.7 cm³/mol. The smallest absolute Gasteiger partial charge is 0.251 e. The number of hydrogen-bond donors (Lipinski definition) is 2. The van der Waals surface area contributed by atoms with Gasteiger partial charge in [-0.3, -0.25) is 4.79 Å². The second-order valence-electron chi connectivity index (χ2n) is 7.14. The fourth-order valence-corrected chi connectivity index (χ4v) is 4.75. The van der Waals surface area contributed by atoms with Crippen molar-refractivity contribution in [3.63, 3.8) is 0 Å². The molecule has 1 aromatic carbocycles. The number of nitrogens with one attached hydrogen (secondary N) is 1. The van der Waals surface area contributed by atoms with Crippen LogP contribution in [0.25, 0.3) is 10.2 Å². The minimum atomic E-state index is -0.171. The molecule has 1 heterocycles. The van der Waals surface area contributed by atoms with Gasteiger partial charge in [-0.25, -0.2) is 4.98 Å². The number of carbonyl (C=O) groups is 1. The van der Waals surface area contributed by atoms with Gasteiger partial charge < -0.3 is 11.1 Å². The van der Waals surface area contributed by atoms with Crippen molar-refractivity contribution in [1.82, 2.24) is 10.3 Å². The van der Waals surface area contributed by atoms with Crippen molar-refractivity contribution in [3.8, 4) is 0 Å². The van der Waals surface area contributed by atoms with E-state index < -0.39 is 0 Å². The summed E-state index contributed by atoms with van der Waals surface area (Å²) in [6.07, 6.45) is 6.97. The summed E-state index contributed by atoms with van der Waals surface area (Å²) in [7, 11) is 0. The monoisotopic (exact) mass is 329 g/mol. The molecule has 2 aliphatic carbocycles. The molecular formula is C18H23N3OS. The molecule has 122 valence electrons. The summed E-state index contributed by atoms with van der Waals surface area (Å²) in [6, 6.07) is 5.89. The number of nitrogens with two attached hydrogens (primary N) is 1. The van der Waals surface area contributed by atoms with Gasteiger partial charge in [0.1, 0.15) is 0 Å². The van der Waals surface area contributed by atoms with E-state index in [-0.39, 0.29) is 17.5 Å². The molecule has 2 saturated carbocycles. The van der Waals surface area contributed by atoms with Crippen molar-refractivity contribution in [1.29, 1.82) is 0 Å². The zero-order valence-electron chi connectivity index (χ0n) is 13.5. The van der Waals surface area contributed by atoms with Crippen LogP contribution >= 0.6 is 11.3 Å². The number of hydrogen-bond acceptors (Lipinski definition) is 4. The highest BCUT2D eigenvalue weighted by Crippen LogP contribution is 2.43. The number of nitrogens with zero attached hydrogens (tertiary/aromatic N) is 1. The molecule has 1 atom stereocenters. The van der Waals surface area contributed by atoms with E-state index in [1.54, 1.807) is 11.3 Å². The van der Waals surface area contributed by atoms with Gasteiger partial charge in [-0.2, -0.15) is 0 Å². The van der Waals surface area contributed by atoms with Crippen LogP contribution in [0.15, 0.2) is 18.2 Å². The highest BCUT2D eigenvalue weighted by molar-refractivity contribution is 7.18. The zero-order chi connectivity index (χ0) is 16.0.